The third-order valence-corrected chi connectivity index (χ3v) is 4.56. The Morgan fingerprint density at radius 3 is 2.53 bits per heavy atom. The van der Waals surface area contributed by atoms with Gasteiger partial charge in [0, 0.05) is 12.6 Å². The van der Waals surface area contributed by atoms with Crippen molar-refractivity contribution in [3.05, 3.63) is 0 Å². The Hall–Kier alpha value is -0.310. The summed E-state index contributed by atoms with van der Waals surface area (Å²) in [7, 11) is 0. The van der Waals surface area contributed by atoms with Gasteiger partial charge in [-0.25, -0.2) is 0 Å². The number of hydrogen-bond acceptors (Lipinski definition) is 1. The maximum absolute atomic E-state index is 5.38. The minimum absolute atomic E-state index is 0.631. The van der Waals surface area contributed by atoms with Crippen molar-refractivity contribution >= 4 is 17.3 Å². The van der Waals surface area contributed by atoms with E-state index < -0.39 is 0 Å². The fraction of sp³-hybridized carbons (Fsp3) is 0.929. The van der Waals surface area contributed by atoms with Crippen LogP contribution in [0.2, 0.25) is 0 Å². The number of thiocarbonyl (C=S) groups is 1. The largest absolute Gasteiger partial charge is 0.362 e. The molecule has 2 N–H and O–H groups in total. The predicted octanol–water partition coefficient (Wildman–Crippen LogP) is 3.22. The van der Waals surface area contributed by atoms with Crippen LogP contribution in [-0.4, -0.2) is 17.7 Å². The Kier molecular flexibility index (Phi) is 5.08. The summed E-state index contributed by atoms with van der Waals surface area (Å²) in [4.78, 5) is 0. The van der Waals surface area contributed by atoms with Gasteiger partial charge in [-0.15, -0.1) is 0 Å². The van der Waals surface area contributed by atoms with E-state index in [1.807, 2.05) is 0 Å². The number of nitrogens with one attached hydrogen (secondary N) is 2. The SMILES string of the molecule is CC1CCC(CNC(=S)NC2CCCCC2)C1. The Morgan fingerprint density at radius 2 is 1.88 bits per heavy atom. The van der Waals surface area contributed by atoms with Gasteiger partial charge in [0.1, 0.15) is 0 Å². The van der Waals surface area contributed by atoms with Gasteiger partial charge in [-0.05, 0) is 49.7 Å². The topological polar surface area (TPSA) is 24.1 Å². The van der Waals surface area contributed by atoms with Crippen LogP contribution in [0, 0.1) is 11.8 Å². The second kappa shape index (κ2) is 6.58. The second-order valence-electron chi connectivity index (χ2n) is 5.97. The third-order valence-electron chi connectivity index (χ3n) is 4.30. The van der Waals surface area contributed by atoms with E-state index in [9.17, 15) is 0 Å². The van der Waals surface area contributed by atoms with Crippen molar-refractivity contribution in [1.82, 2.24) is 10.6 Å². The van der Waals surface area contributed by atoms with E-state index in [0.29, 0.717) is 6.04 Å². The van der Waals surface area contributed by atoms with Crippen LogP contribution in [-0.2, 0) is 0 Å². The normalized spacial score (nSPS) is 30.2. The van der Waals surface area contributed by atoms with Crippen LogP contribution in [0.5, 0.6) is 0 Å². The van der Waals surface area contributed by atoms with Crippen molar-refractivity contribution in [2.24, 2.45) is 11.8 Å². The van der Waals surface area contributed by atoms with Gasteiger partial charge in [-0.2, -0.15) is 0 Å². The van der Waals surface area contributed by atoms with Crippen molar-refractivity contribution in [2.45, 2.75) is 64.3 Å². The van der Waals surface area contributed by atoms with Crippen LogP contribution in [0.3, 0.4) is 0 Å². The lowest BCUT2D eigenvalue weighted by Gasteiger charge is -2.25. The van der Waals surface area contributed by atoms with E-state index in [2.05, 4.69) is 17.6 Å². The molecule has 0 bridgehead atoms. The molecule has 0 saturated heterocycles. The maximum atomic E-state index is 5.38. The summed E-state index contributed by atoms with van der Waals surface area (Å²) in [6.07, 6.45) is 10.9. The van der Waals surface area contributed by atoms with E-state index in [1.54, 1.807) is 0 Å². The number of hydrogen-bond donors (Lipinski definition) is 2. The lowest BCUT2D eigenvalue weighted by molar-refractivity contribution is 0.410. The first-order valence-electron chi connectivity index (χ1n) is 7.28. The summed E-state index contributed by atoms with van der Waals surface area (Å²) in [5.74, 6) is 1.76. The second-order valence-corrected chi connectivity index (χ2v) is 6.38. The molecule has 17 heavy (non-hydrogen) atoms. The first-order valence-corrected chi connectivity index (χ1v) is 7.69. The average molecular weight is 254 g/mol. The van der Waals surface area contributed by atoms with Gasteiger partial charge in [0.2, 0.25) is 0 Å². The molecule has 2 saturated carbocycles. The minimum Gasteiger partial charge on any atom is -0.362 e. The first-order chi connectivity index (χ1) is 8.24. The molecule has 0 aliphatic heterocycles. The summed E-state index contributed by atoms with van der Waals surface area (Å²) in [5.41, 5.74) is 0. The summed E-state index contributed by atoms with van der Waals surface area (Å²) < 4.78 is 0. The van der Waals surface area contributed by atoms with E-state index in [1.165, 1.54) is 51.4 Å². The molecule has 3 heteroatoms. The van der Waals surface area contributed by atoms with Gasteiger partial charge in [-0.1, -0.05) is 32.6 Å². The highest BCUT2D eigenvalue weighted by molar-refractivity contribution is 7.80. The molecule has 2 atom stereocenters. The minimum atomic E-state index is 0.631. The highest BCUT2D eigenvalue weighted by atomic mass is 32.1. The molecule has 2 rings (SSSR count). The molecule has 2 aliphatic rings. The third kappa shape index (κ3) is 4.46. The van der Waals surface area contributed by atoms with Crippen molar-refractivity contribution in [3.63, 3.8) is 0 Å². The van der Waals surface area contributed by atoms with Crippen LogP contribution in [0.25, 0.3) is 0 Å². The molecule has 0 aromatic rings. The first kappa shape index (κ1) is 13.1. The molecule has 2 unspecified atom stereocenters. The molecule has 2 nitrogen and oxygen atoms in total. The van der Waals surface area contributed by atoms with Crippen molar-refractivity contribution < 1.29 is 0 Å². The Bertz CT molecular complexity index is 249. The van der Waals surface area contributed by atoms with Crippen LogP contribution >= 0.6 is 12.2 Å². The summed E-state index contributed by atoms with van der Waals surface area (Å²) in [6, 6.07) is 0.631. The van der Waals surface area contributed by atoms with E-state index in [0.717, 1.165) is 23.5 Å². The van der Waals surface area contributed by atoms with Gasteiger partial charge in [-0.3, -0.25) is 0 Å². The Balaban J connectivity index is 1.60. The van der Waals surface area contributed by atoms with Gasteiger partial charge in [0.05, 0.1) is 0 Å². The molecule has 0 radical (unpaired) electrons. The molecule has 0 heterocycles. The van der Waals surface area contributed by atoms with Crippen molar-refractivity contribution in [2.75, 3.05) is 6.54 Å². The fourth-order valence-electron chi connectivity index (χ4n) is 3.23. The lowest BCUT2D eigenvalue weighted by Crippen LogP contribution is -2.43. The van der Waals surface area contributed by atoms with Crippen LogP contribution in [0.1, 0.15) is 58.3 Å². The van der Waals surface area contributed by atoms with Crippen molar-refractivity contribution in [1.29, 1.82) is 0 Å². The van der Waals surface area contributed by atoms with Crippen LogP contribution < -0.4 is 10.6 Å². The van der Waals surface area contributed by atoms with E-state index >= 15 is 0 Å². The quantitative estimate of drug-likeness (QED) is 0.756. The summed E-state index contributed by atoms with van der Waals surface area (Å²) in [5, 5.41) is 7.77. The molecule has 0 aromatic carbocycles. The predicted molar refractivity (Wildman–Crippen MR) is 77.1 cm³/mol. The zero-order valence-corrected chi connectivity index (χ0v) is 11.8. The zero-order valence-electron chi connectivity index (χ0n) is 11.0. The molecule has 0 aromatic heterocycles. The monoisotopic (exact) mass is 254 g/mol. The Labute approximate surface area is 111 Å². The maximum Gasteiger partial charge on any atom is 0.166 e. The average Bonchev–Trinajstić information content (AvgIpc) is 2.74. The zero-order chi connectivity index (χ0) is 12.1. The molecular formula is C14H26N2S. The smallest absolute Gasteiger partial charge is 0.166 e. The fourth-order valence-corrected chi connectivity index (χ4v) is 3.48. The molecule has 0 spiro atoms. The van der Waals surface area contributed by atoms with Gasteiger partial charge >= 0.3 is 0 Å². The van der Waals surface area contributed by atoms with Gasteiger partial charge in [0.25, 0.3) is 0 Å². The van der Waals surface area contributed by atoms with Gasteiger partial charge < -0.3 is 10.6 Å². The van der Waals surface area contributed by atoms with E-state index in [4.69, 9.17) is 12.2 Å². The molecular weight excluding hydrogens is 228 g/mol. The standard InChI is InChI=1S/C14H26N2S/c1-11-7-8-12(9-11)10-15-14(17)16-13-5-3-2-4-6-13/h11-13H,2-10H2,1H3,(H2,15,16,17). The molecule has 2 fully saturated rings. The molecule has 0 amide bonds. The van der Waals surface area contributed by atoms with Crippen molar-refractivity contribution in [3.8, 4) is 0 Å². The highest BCUT2D eigenvalue weighted by Gasteiger charge is 2.21. The van der Waals surface area contributed by atoms with Gasteiger partial charge in [0.15, 0.2) is 5.11 Å². The Morgan fingerprint density at radius 1 is 1.12 bits per heavy atom. The molecule has 2 aliphatic carbocycles. The summed E-state index contributed by atoms with van der Waals surface area (Å²) in [6.45, 7) is 3.43. The highest BCUT2D eigenvalue weighted by Crippen LogP contribution is 2.29. The van der Waals surface area contributed by atoms with E-state index in [-0.39, 0.29) is 0 Å². The summed E-state index contributed by atoms with van der Waals surface area (Å²) >= 11 is 5.38. The molecule has 98 valence electrons. The van der Waals surface area contributed by atoms with Crippen LogP contribution in [0.4, 0.5) is 0 Å². The van der Waals surface area contributed by atoms with Crippen LogP contribution in [0.15, 0.2) is 0 Å². The lowest BCUT2D eigenvalue weighted by atomic mass is 9.96. The number of rotatable bonds is 3.